The van der Waals surface area contributed by atoms with Gasteiger partial charge in [0.05, 0.1) is 59.0 Å². The lowest BCUT2D eigenvalue weighted by molar-refractivity contribution is -0.260. The number of hydrogen-bond donors (Lipinski definition) is 2. The van der Waals surface area contributed by atoms with E-state index < -0.39 is 11.2 Å². The molecule has 9 unspecified atom stereocenters. The zero-order valence-corrected chi connectivity index (χ0v) is 24.8. The molecule has 4 fully saturated rings. The van der Waals surface area contributed by atoms with Gasteiger partial charge in [-0.25, -0.2) is 0 Å². The van der Waals surface area contributed by atoms with Crippen LogP contribution in [0.3, 0.4) is 0 Å². The lowest BCUT2D eigenvalue weighted by atomic mass is 9.79. The van der Waals surface area contributed by atoms with E-state index in [9.17, 15) is 10.2 Å². The molecule has 4 aliphatic heterocycles. The van der Waals surface area contributed by atoms with E-state index in [4.69, 9.17) is 18.9 Å². The molecule has 36 heavy (non-hydrogen) atoms. The third-order valence-electron chi connectivity index (χ3n) is 9.28. The molecule has 4 saturated heterocycles. The third-order valence-corrected chi connectivity index (χ3v) is 10.8. The van der Waals surface area contributed by atoms with E-state index in [1.807, 2.05) is 6.92 Å². The molecule has 7 heteroatoms. The number of aliphatic hydroxyl groups is 2. The third kappa shape index (κ3) is 6.24. The zero-order valence-electron chi connectivity index (χ0n) is 23.2. The average Bonchev–Trinajstić information content (AvgIpc) is 2.77. The summed E-state index contributed by atoms with van der Waals surface area (Å²) in [6.07, 6.45) is 8.26. The van der Waals surface area contributed by atoms with E-state index in [0.29, 0.717) is 24.1 Å². The predicted octanol–water partition coefficient (Wildman–Crippen LogP) is 5.60. The Bertz CT molecular complexity index is 791. The van der Waals surface area contributed by atoms with Gasteiger partial charge >= 0.3 is 0 Å². The first-order chi connectivity index (χ1) is 16.6. The van der Waals surface area contributed by atoms with E-state index in [-0.39, 0.29) is 47.8 Å². The van der Waals surface area contributed by atoms with Crippen LogP contribution < -0.4 is 0 Å². The van der Waals surface area contributed by atoms with Crippen LogP contribution in [0.15, 0.2) is 12.2 Å². The molecule has 0 aromatic heterocycles. The van der Waals surface area contributed by atoms with Crippen LogP contribution in [0, 0.1) is 0 Å². The number of alkyl halides is 1. The van der Waals surface area contributed by atoms with Crippen LogP contribution in [-0.4, -0.2) is 74.1 Å². The first-order valence-corrected chi connectivity index (χ1v) is 15.0. The molecule has 0 amide bonds. The normalized spacial score (nSPS) is 45.6. The molecule has 0 bridgehead atoms. The second-order valence-electron chi connectivity index (χ2n) is 13.4. The van der Waals surface area contributed by atoms with Gasteiger partial charge in [-0.2, -0.15) is 0 Å². The van der Waals surface area contributed by atoms with Gasteiger partial charge in [0, 0.05) is 4.83 Å². The number of halogens is 1. The highest BCUT2D eigenvalue weighted by atomic mass is 79.9. The molecule has 0 aliphatic carbocycles. The number of hydrogen-bond acceptors (Lipinski definition) is 6. The van der Waals surface area contributed by atoms with E-state index in [2.05, 4.69) is 43.3 Å². The summed E-state index contributed by atoms with van der Waals surface area (Å²) in [5, 5.41) is 21.3. The summed E-state index contributed by atoms with van der Waals surface area (Å²) in [5.74, 6) is 0. The summed E-state index contributed by atoms with van der Waals surface area (Å²) in [5.41, 5.74) is -1.26. The Hall–Kier alpha value is -0.0200. The first kappa shape index (κ1) is 29.0. The van der Waals surface area contributed by atoms with Gasteiger partial charge in [-0.1, -0.05) is 22.5 Å². The minimum Gasteiger partial charge on any atom is -0.388 e. The highest BCUT2D eigenvalue weighted by molar-refractivity contribution is 9.09. The molecule has 9 atom stereocenters. The summed E-state index contributed by atoms with van der Waals surface area (Å²) in [6, 6.07) is 0. The Balaban J connectivity index is 1.30. The molecular weight excluding hydrogens is 524 g/mol. The molecule has 0 aromatic rings. The molecule has 0 spiro atoms. The molecule has 0 aromatic carbocycles. The quantitative estimate of drug-likeness (QED) is 0.318. The van der Waals surface area contributed by atoms with Crippen LogP contribution in [0.4, 0.5) is 0 Å². The van der Waals surface area contributed by atoms with Crippen molar-refractivity contribution in [3.05, 3.63) is 12.2 Å². The van der Waals surface area contributed by atoms with Crippen molar-refractivity contribution in [1.82, 2.24) is 0 Å². The van der Waals surface area contributed by atoms with Gasteiger partial charge in [0.25, 0.3) is 0 Å². The van der Waals surface area contributed by atoms with Gasteiger partial charge in [0.2, 0.25) is 0 Å². The van der Waals surface area contributed by atoms with Crippen molar-refractivity contribution in [2.75, 3.05) is 0 Å². The van der Waals surface area contributed by atoms with E-state index in [1.165, 1.54) is 0 Å². The Kier molecular flexibility index (Phi) is 8.46. The SMILES string of the molecule is C=C(CCC1OC(C(C)(C)O)CCC1(C)O)C1CCC2OC(C3CCC(Br)C(C)(C)O3)CCC2(C)O1. The van der Waals surface area contributed by atoms with E-state index in [0.717, 1.165) is 50.5 Å². The van der Waals surface area contributed by atoms with Gasteiger partial charge < -0.3 is 29.2 Å². The molecular formula is C29H49BrO6. The highest BCUT2D eigenvalue weighted by Crippen LogP contribution is 2.45. The van der Waals surface area contributed by atoms with Gasteiger partial charge in [-0.05, 0) is 111 Å². The average molecular weight is 574 g/mol. The standard InChI is InChI=1S/C29H49BrO6/c1-18(8-12-24-28(6,32)16-15-23(34-24)26(2,3)31)19-10-13-25-29(7,36-19)17-14-20(33-25)21-9-11-22(30)27(4,5)35-21/h19-25,31-32H,1,8-17H2,2-7H3. The summed E-state index contributed by atoms with van der Waals surface area (Å²) in [7, 11) is 0. The van der Waals surface area contributed by atoms with Crippen molar-refractivity contribution in [2.45, 2.75) is 170 Å². The Morgan fingerprint density at radius 3 is 2.33 bits per heavy atom. The molecule has 4 rings (SSSR count). The fourth-order valence-electron chi connectivity index (χ4n) is 6.58. The van der Waals surface area contributed by atoms with Crippen LogP contribution in [0.5, 0.6) is 0 Å². The second-order valence-corrected chi connectivity index (χ2v) is 14.5. The number of rotatable bonds is 6. The van der Waals surface area contributed by atoms with Crippen molar-refractivity contribution in [1.29, 1.82) is 0 Å². The van der Waals surface area contributed by atoms with Gasteiger partial charge in [0.15, 0.2) is 0 Å². The largest absolute Gasteiger partial charge is 0.388 e. The Labute approximate surface area is 226 Å². The minimum absolute atomic E-state index is 0.0101. The zero-order chi connectivity index (χ0) is 26.5. The Morgan fingerprint density at radius 1 is 0.944 bits per heavy atom. The number of fused-ring (bicyclic) bond motifs is 1. The molecule has 208 valence electrons. The maximum absolute atomic E-state index is 10.9. The van der Waals surface area contributed by atoms with Crippen molar-refractivity contribution in [2.24, 2.45) is 0 Å². The van der Waals surface area contributed by atoms with Crippen molar-refractivity contribution in [3.8, 4) is 0 Å². The summed E-state index contributed by atoms with van der Waals surface area (Å²) >= 11 is 3.77. The first-order valence-electron chi connectivity index (χ1n) is 14.0. The van der Waals surface area contributed by atoms with Crippen LogP contribution >= 0.6 is 15.9 Å². The second kappa shape index (κ2) is 10.5. The predicted molar refractivity (Wildman–Crippen MR) is 144 cm³/mol. The molecule has 4 heterocycles. The molecule has 4 aliphatic rings. The van der Waals surface area contributed by atoms with Crippen molar-refractivity contribution >= 4 is 15.9 Å². The maximum Gasteiger partial charge on any atom is 0.0924 e. The lowest BCUT2D eigenvalue weighted by Gasteiger charge is -2.52. The van der Waals surface area contributed by atoms with Crippen LogP contribution in [-0.2, 0) is 18.9 Å². The van der Waals surface area contributed by atoms with Crippen LogP contribution in [0.2, 0.25) is 0 Å². The fraction of sp³-hybridized carbons (Fsp3) is 0.931. The van der Waals surface area contributed by atoms with Gasteiger partial charge in [-0.3, -0.25) is 0 Å². The highest BCUT2D eigenvalue weighted by Gasteiger charge is 2.50. The van der Waals surface area contributed by atoms with Gasteiger partial charge in [0.1, 0.15) is 0 Å². The van der Waals surface area contributed by atoms with Gasteiger partial charge in [-0.15, -0.1) is 0 Å². The minimum atomic E-state index is -0.922. The topological polar surface area (TPSA) is 77.4 Å². The van der Waals surface area contributed by atoms with E-state index >= 15 is 0 Å². The molecule has 2 N–H and O–H groups in total. The lowest BCUT2D eigenvalue weighted by Crippen LogP contribution is -2.58. The van der Waals surface area contributed by atoms with Crippen molar-refractivity contribution < 1.29 is 29.2 Å². The molecule has 6 nitrogen and oxygen atoms in total. The van der Waals surface area contributed by atoms with Crippen LogP contribution in [0.1, 0.15) is 106 Å². The smallest absolute Gasteiger partial charge is 0.0924 e. The van der Waals surface area contributed by atoms with Crippen LogP contribution in [0.25, 0.3) is 0 Å². The summed E-state index contributed by atoms with van der Waals surface area (Å²) < 4.78 is 26.0. The number of ether oxygens (including phenoxy) is 4. The van der Waals surface area contributed by atoms with Crippen molar-refractivity contribution in [3.63, 3.8) is 0 Å². The summed E-state index contributed by atoms with van der Waals surface area (Å²) in [6.45, 7) is 16.3. The summed E-state index contributed by atoms with van der Waals surface area (Å²) in [4.78, 5) is 0.378. The fourth-order valence-corrected chi connectivity index (χ4v) is 6.96. The molecule has 0 saturated carbocycles. The van der Waals surface area contributed by atoms with E-state index in [1.54, 1.807) is 13.8 Å². The monoisotopic (exact) mass is 572 g/mol. The molecule has 0 radical (unpaired) electrons. The Morgan fingerprint density at radius 2 is 1.67 bits per heavy atom. The maximum atomic E-state index is 10.9.